The predicted molar refractivity (Wildman–Crippen MR) is 82.8 cm³/mol. The average molecular weight is 293 g/mol. The third-order valence-corrected chi connectivity index (χ3v) is 3.81. The van der Waals surface area contributed by atoms with Gasteiger partial charge in [0, 0.05) is 31.4 Å². The normalized spacial score (nSPS) is 17.1. The Morgan fingerprint density at radius 3 is 2.67 bits per heavy atom. The van der Waals surface area contributed by atoms with Gasteiger partial charge < -0.3 is 16.0 Å². The molecule has 1 aliphatic heterocycles. The Kier molecular flexibility index (Phi) is 5.17. The first-order valence-electron chi connectivity index (χ1n) is 7.54. The molecule has 1 heterocycles. The highest BCUT2D eigenvalue weighted by molar-refractivity contribution is 5.94. The molecule has 1 saturated heterocycles. The van der Waals surface area contributed by atoms with Crippen LogP contribution in [0.25, 0.3) is 0 Å². The van der Waals surface area contributed by atoms with Gasteiger partial charge in [-0.25, -0.2) is 4.39 Å². The van der Waals surface area contributed by atoms with Crippen molar-refractivity contribution in [2.24, 2.45) is 11.7 Å². The van der Waals surface area contributed by atoms with Crippen LogP contribution >= 0.6 is 0 Å². The number of nitrogens with zero attached hydrogens (tertiary/aromatic N) is 1. The van der Waals surface area contributed by atoms with Crippen LogP contribution in [-0.2, 0) is 0 Å². The van der Waals surface area contributed by atoms with Crippen molar-refractivity contribution in [3.05, 3.63) is 29.6 Å². The van der Waals surface area contributed by atoms with Crippen LogP contribution in [0.15, 0.2) is 18.2 Å². The van der Waals surface area contributed by atoms with Gasteiger partial charge in [-0.2, -0.15) is 0 Å². The van der Waals surface area contributed by atoms with Gasteiger partial charge in [0.1, 0.15) is 5.82 Å². The summed E-state index contributed by atoms with van der Waals surface area (Å²) < 4.78 is 13.4. The number of hydrogen-bond donors (Lipinski definition) is 2. The van der Waals surface area contributed by atoms with E-state index in [1.54, 1.807) is 6.07 Å². The number of rotatable bonds is 5. The van der Waals surface area contributed by atoms with E-state index >= 15 is 0 Å². The third kappa shape index (κ3) is 4.43. The van der Waals surface area contributed by atoms with E-state index in [-0.39, 0.29) is 5.56 Å². The summed E-state index contributed by atoms with van der Waals surface area (Å²) in [6.07, 6.45) is 2.10. The standard InChI is InChI=1S/C16H24FN3O/c1-11(2)10-20-7-5-12(6-8-20)19-13-3-4-15(17)14(9-13)16(18)21/h3-4,9,11-12,19H,5-8,10H2,1-2H3,(H2,18,21). The largest absolute Gasteiger partial charge is 0.382 e. The zero-order chi connectivity index (χ0) is 15.4. The first-order chi connectivity index (χ1) is 9.95. The Balaban J connectivity index is 1.92. The number of carbonyl (C=O) groups is 1. The summed E-state index contributed by atoms with van der Waals surface area (Å²) >= 11 is 0. The smallest absolute Gasteiger partial charge is 0.251 e. The monoisotopic (exact) mass is 293 g/mol. The zero-order valence-corrected chi connectivity index (χ0v) is 12.7. The summed E-state index contributed by atoms with van der Waals surface area (Å²) in [5.41, 5.74) is 5.87. The van der Waals surface area contributed by atoms with Crippen LogP contribution in [0.5, 0.6) is 0 Å². The number of halogens is 1. The molecule has 1 aromatic carbocycles. The Labute approximate surface area is 125 Å². The topological polar surface area (TPSA) is 58.4 Å². The fraction of sp³-hybridized carbons (Fsp3) is 0.562. The second-order valence-electron chi connectivity index (χ2n) is 6.17. The van der Waals surface area contributed by atoms with Gasteiger partial charge in [0.25, 0.3) is 5.91 Å². The molecule has 4 nitrogen and oxygen atoms in total. The summed E-state index contributed by atoms with van der Waals surface area (Å²) in [4.78, 5) is 13.6. The number of carbonyl (C=O) groups excluding carboxylic acids is 1. The molecule has 0 atom stereocenters. The molecular weight excluding hydrogens is 269 g/mol. The van der Waals surface area contributed by atoms with Crippen molar-refractivity contribution in [3.8, 4) is 0 Å². The van der Waals surface area contributed by atoms with Gasteiger partial charge in [-0.15, -0.1) is 0 Å². The molecule has 0 saturated carbocycles. The van der Waals surface area contributed by atoms with Crippen LogP contribution in [0.2, 0.25) is 0 Å². The molecule has 0 bridgehead atoms. The molecule has 2 rings (SSSR count). The minimum Gasteiger partial charge on any atom is -0.382 e. The number of piperidine rings is 1. The lowest BCUT2D eigenvalue weighted by atomic mass is 10.0. The maximum Gasteiger partial charge on any atom is 0.251 e. The van der Waals surface area contributed by atoms with Crippen LogP contribution in [0.4, 0.5) is 10.1 Å². The molecule has 0 aliphatic carbocycles. The summed E-state index contributed by atoms with van der Waals surface area (Å²) in [5.74, 6) is -0.618. The number of nitrogens with two attached hydrogens (primary N) is 1. The van der Waals surface area contributed by atoms with E-state index in [0.29, 0.717) is 12.0 Å². The van der Waals surface area contributed by atoms with E-state index in [1.807, 2.05) is 0 Å². The van der Waals surface area contributed by atoms with E-state index in [1.165, 1.54) is 12.1 Å². The van der Waals surface area contributed by atoms with Gasteiger partial charge in [-0.3, -0.25) is 4.79 Å². The summed E-state index contributed by atoms with van der Waals surface area (Å²) in [6, 6.07) is 4.80. The average Bonchev–Trinajstić information content (AvgIpc) is 2.42. The quantitative estimate of drug-likeness (QED) is 0.876. The van der Waals surface area contributed by atoms with Crippen LogP contribution in [0, 0.1) is 11.7 Å². The van der Waals surface area contributed by atoms with Gasteiger partial charge in [0.05, 0.1) is 5.56 Å². The van der Waals surface area contributed by atoms with E-state index in [0.717, 1.165) is 38.2 Å². The van der Waals surface area contributed by atoms with Crippen molar-refractivity contribution in [2.75, 3.05) is 25.0 Å². The lowest BCUT2D eigenvalue weighted by Crippen LogP contribution is -2.40. The molecule has 1 amide bonds. The molecule has 0 radical (unpaired) electrons. The van der Waals surface area contributed by atoms with Gasteiger partial charge in [0.2, 0.25) is 0 Å². The Morgan fingerprint density at radius 2 is 2.10 bits per heavy atom. The number of anilines is 1. The molecule has 3 N–H and O–H groups in total. The molecule has 116 valence electrons. The fourth-order valence-electron chi connectivity index (χ4n) is 2.82. The molecule has 21 heavy (non-hydrogen) atoms. The lowest BCUT2D eigenvalue weighted by molar-refractivity contribution is 0.0996. The van der Waals surface area contributed by atoms with E-state index in [2.05, 4.69) is 24.1 Å². The highest BCUT2D eigenvalue weighted by atomic mass is 19.1. The van der Waals surface area contributed by atoms with Gasteiger partial charge >= 0.3 is 0 Å². The van der Waals surface area contributed by atoms with Crippen molar-refractivity contribution < 1.29 is 9.18 Å². The summed E-state index contributed by atoms with van der Waals surface area (Å²) in [6.45, 7) is 7.73. The number of nitrogens with one attached hydrogen (secondary N) is 1. The summed E-state index contributed by atoms with van der Waals surface area (Å²) in [5, 5.41) is 3.38. The molecule has 0 spiro atoms. The first-order valence-corrected chi connectivity index (χ1v) is 7.54. The highest BCUT2D eigenvalue weighted by Crippen LogP contribution is 2.19. The van der Waals surface area contributed by atoms with Crippen molar-refractivity contribution in [2.45, 2.75) is 32.7 Å². The second-order valence-corrected chi connectivity index (χ2v) is 6.17. The zero-order valence-electron chi connectivity index (χ0n) is 12.7. The molecule has 0 unspecified atom stereocenters. The minimum absolute atomic E-state index is 0.0581. The SMILES string of the molecule is CC(C)CN1CCC(Nc2ccc(F)c(C(N)=O)c2)CC1. The lowest BCUT2D eigenvalue weighted by Gasteiger charge is -2.33. The first kappa shape index (κ1) is 15.8. The number of benzene rings is 1. The number of hydrogen-bond acceptors (Lipinski definition) is 3. The molecule has 1 aromatic rings. The van der Waals surface area contributed by atoms with Crippen LogP contribution in [-0.4, -0.2) is 36.5 Å². The fourth-order valence-corrected chi connectivity index (χ4v) is 2.82. The maximum absolute atomic E-state index is 13.4. The van der Waals surface area contributed by atoms with Crippen molar-refractivity contribution in [3.63, 3.8) is 0 Å². The number of likely N-dealkylation sites (tertiary alicyclic amines) is 1. The Bertz CT molecular complexity index is 496. The number of amides is 1. The van der Waals surface area contributed by atoms with Crippen LogP contribution in [0.1, 0.15) is 37.0 Å². The molecule has 1 aliphatic rings. The molecule has 5 heteroatoms. The van der Waals surface area contributed by atoms with Crippen LogP contribution in [0.3, 0.4) is 0 Å². The van der Waals surface area contributed by atoms with Gasteiger partial charge in [0.15, 0.2) is 0 Å². The third-order valence-electron chi connectivity index (χ3n) is 3.81. The van der Waals surface area contributed by atoms with E-state index < -0.39 is 11.7 Å². The maximum atomic E-state index is 13.4. The molecular formula is C16H24FN3O. The van der Waals surface area contributed by atoms with Crippen molar-refractivity contribution in [1.29, 1.82) is 0 Å². The van der Waals surface area contributed by atoms with Gasteiger partial charge in [-0.05, 0) is 37.0 Å². The van der Waals surface area contributed by atoms with Crippen molar-refractivity contribution in [1.82, 2.24) is 4.90 Å². The summed E-state index contributed by atoms with van der Waals surface area (Å²) in [7, 11) is 0. The number of primary amides is 1. The van der Waals surface area contributed by atoms with E-state index in [4.69, 9.17) is 5.73 Å². The van der Waals surface area contributed by atoms with E-state index in [9.17, 15) is 9.18 Å². The Morgan fingerprint density at radius 1 is 1.43 bits per heavy atom. The molecule has 1 fully saturated rings. The van der Waals surface area contributed by atoms with Gasteiger partial charge in [-0.1, -0.05) is 13.8 Å². The minimum atomic E-state index is -0.733. The second kappa shape index (κ2) is 6.89. The van der Waals surface area contributed by atoms with Crippen LogP contribution < -0.4 is 11.1 Å². The van der Waals surface area contributed by atoms with Crippen molar-refractivity contribution >= 4 is 11.6 Å². The highest BCUT2D eigenvalue weighted by Gasteiger charge is 2.20. The Hall–Kier alpha value is -1.62. The predicted octanol–water partition coefficient (Wildman–Crippen LogP) is 2.46. The molecule has 0 aromatic heterocycles.